The number of nitrogens with zero attached hydrogens (tertiary/aromatic N) is 2. The van der Waals surface area contributed by atoms with Gasteiger partial charge in [0, 0.05) is 5.69 Å². The summed E-state index contributed by atoms with van der Waals surface area (Å²) in [6.07, 6.45) is 2.95. The molecular formula is C15H18N4O3. The van der Waals surface area contributed by atoms with E-state index in [1.807, 2.05) is 0 Å². The van der Waals surface area contributed by atoms with Gasteiger partial charge in [-0.1, -0.05) is 13.3 Å². The smallest absolute Gasteiger partial charge is 0.244 e. The summed E-state index contributed by atoms with van der Waals surface area (Å²) < 4.78 is 17.4. The molecule has 7 nitrogen and oxygen atoms in total. The molecule has 3 aliphatic rings. The molecule has 4 rings (SSSR count). The third kappa shape index (κ3) is 1.59. The van der Waals surface area contributed by atoms with Gasteiger partial charge in [0.05, 0.1) is 23.7 Å². The summed E-state index contributed by atoms with van der Waals surface area (Å²) in [5.41, 5.74) is 7.52. The molecule has 0 aliphatic carbocycles. The molecular weight excluding hydrogens is 284 g/mol. The van der Waals surface area contributed by atoms with Crippen LogP contribution < -0.4 is 10.5 Å². The summed E-state index contributed by atoms with van der Waals surface area (Å²) in [5.74, 6) is 0.541. The molecule has 1 aromatic heterocycles. The van der Waals surface area contributed by atoms with Crippen LogP contribution in [0.1, 0.15) is 37.4 Å². The predicted octanol–water partition coefficient (Wildman–Crippen LogP) is 1.22. The molecule has 7 heteroatoms. The number of fused-ring (bicyclic) bond motifs is 5. The number of ether oxygens (including phenoxy) is 3. The van der Waals surface area contributed by atoms with Crippen molar-refractivity contribution in [1.29, 1.82) is 5.26 Å². The minimum absolute atomic E-state index is 0.0992. The van der Waals surface area contributed by atoms with E-state index in [0.29, 0.717) is 18.1 Å². The molecule has 4 heterocycles. The highest BCUT2D eigenvalue weighted by Gasteiger charge is 2.58. The largest absolute Gasteiger partial charge is 0.420 e. The molecule has 0 amide bonds. The standard InChI is InChI=1S/C15H18N4O3/c1-2-3-10-11-13(19-18-10)22-12(17)9(6-16)15(11)5-4-8-7-20-14(15)21-8/h8,14H,2-5,7,17H2,1H3,(H,18,19)/t8-,14-,15-/m0/s1. The Labute approximate surface area is 128 Å². The Bertz CT molecular complexity index is 689. The van der Waals surface area contributed by atoms with Crippen LogP contribution in [0.3, 0.4) is 0 Å². The molecule has 0 unspecified atom stereocenters. The summed E-state index contributed by atoms with van der Waals surface area (Å²) in [6.45, 7) is 2.65. The molecule has 116 valence electrons. The minimum Gasteiger partial charge on any atom is -0.420 e. The fraction of sp³-hybridized carbons (Fsp3) is 0.600. The van der Waals surface area contributed by atoms with Gasteiger partial charge in [-0.2, -0.15) is 5.26 Å². The lowest BCUT2D eigenvalue weighted by atomic mass is 9.68. The van der Waals surface area contributed by atoms with Crippen LogP contribution in [0.4, 0.5) is 0 Å². The first-order valence-electron chi connectivity index (χ1n) is 7.63. The predicted molar refractivity (Wildman–Crippen MR) is 75.6 cm³/mol. The highest BCUT2D eigenvalue weighted by Crippen LogP contribution is 2.54. The summed E-state index contributed by atoms with van der Waals surface area (Å²) in [4.78, 5) is 0. The maximum atomic E-state index is 9.68. The Kier molecular flexibility index (Phi) is 2.93. The lowest BCUT2D eigenvalue weighted by molar-refractivity contribution is -0.126. The maximum absolute atomic E-state index is 9.68. The van der Waals surface area contributed by atoms with Gasteiger partial charge in [-0.25, -0.2) is 0 Å². The van der Waals surface area contributed by atoms with Crippen molar-refractivity contribution in [3.05, 3.63) is 22.7 Å². The molecule has 0 radical (unpaired) electrons. The monoisotopic (exact) mass is 302 g/mol. The van der Waals surface area contributed by atoms with Crippen LogP contribution in [0.5, 0.6) is 5.88 Å². The molecule has 3 atom stereocenters. The van der Waals surface area contributed by atoms with Gasteiger partial charge in [-0.15, -0.1) is 5.10 Å². The number of hydrogen-bond acceptors (Lipinski definition) is 6. The highest BCUT2D eigenvalue weighted by molar-refractivity contribution is 5.55. The maximum Gasteiger partial charge on any atom is 0.244 e. The molecule has 0 aromatic carbocycles. The zero-order chi connectivity index (χ0) is 15.3. The van der Waals surface area contributed by atoms with E-state index >= 15 is 0 Å². The third-order valence-electron chi connectivity index (χ3n) is 4.78. The number of nitriles is 1. The van der Waals surface area contributed by atoms with E-state index in [1.54, 1.807) is 0 Å². The fourth-order valence-corrected chi connectivity index (χ4v) is 3.83. The Balaban J connectivity index is 1.94. The molecule has 3 aliphatic heterocycles. The van der Waals surface area contributed by atoms with Crippen molar-refractivity contribution in [2.24, 2.45) is 5.73 Å². The van der Waals surface area contributed by atoms with Crippen LogP contribution in [0.2, 0.25) is 0 Å². The van der Waals surface area contributed by atoms with Crippen molar-refractivity contribution in [3.63, 3.8) is 0 Å². The zero-order valence-corrected chi connectivity index (χ0v) is 12.4. The molecule has 3 N–H and O–H groups in total. The third-order valence-corrected chi connectivity index (χ3v) is 4.78. The topological polar surface area (TPSA) is 106 Å². The number of aromatic nitrogens is 2. The molecule has 0 saturated carbocycles. The van der Waals surface area contributed by atoms with Crippen LogP contribution >= 0.6 is 0 Å². The van der Waals surface area contributed by atoms with Gasteiger partial charge < -0.3 is 19.9 Å². The second-order valence-corrected chi connectivity index (χ2v) is 6.02. The van der Waals surface area contributed by atoms with E-state index in [9.17, 15) is 5.26 Å². The first-order chi connectivity index (χ1) is 10.7. The van der Waals surface area contributed by atoms with Crippen molar-refractivity contribution in [2.45, 2.75) is 50.4 Å². The fourth-order valence-electron chi connectivity index (χ4n) is 3.83. The number of nitrogens with two attached hydrogens (primary N) is 1. The minimum atomic E-state index is -0.711. The summed E-state index contributed by atoms with van der Waals surface area (Å²) in [7, 11) is 0. The Hall–Kier alpha value is -2.04. The van der Waals surface area contributed by atoms with Gasteiger partial charge >= 0.3 is 0 Å². The molecule has 1 aromatic rings. The van der Waals surface area contributed by atoms with Gasteiger partial charge in [0.2, 0.25) is 11.8 Å². The average Bonchev–Trinajstić information content (AvgIpc) is 3.09. The second kappa shape index (κ2) is 4.73. The Morgan fingerprint density at radius 1 is 1.55 bits per heavy atom. The van der Waals surface area contributed by atoms with Gasteiger partial charge in [0.1, 0.15) is 11.6 Å². The number of nitrogens with one attached hydrogen (secondary N) is 1. The first-order valence-corrected chi connectivity index (χ1v) is 7.63. The van der Waals surface area contributed by atoms with Crippen LogP contribution in [-0.4, -0.2) is 29.2 Å². The SMILES string of the molecule is CCCc1[nH]nc2c1[C@]1(CC[C@H]3CO[C@H]1O3)C(C#N)=C(N)O2. The lowest BCUT2D eigenvalue weighted by Gasteiger charge is -2.42. The second-order valence-electron chi connectivity index (χ2n) is 6.02. The van der Waals surface area contributed by atoms with Crippen LogP contribution in [0.25, 0.3) is 0 Å². The van der Waals surface area contributed by atoms with Crippen molar-refractivity contribution >= 4 is 0 Å². The van der Waals surface area contributed by atoms with Gasteiger partial charge in [-0.3, -0.25) is 5.10 Å². The molecule has 2 bridgehead atoms. The summed E-state index contributed by atoms with van der Waals surface area (Å²) in [5, 5.41) is 17.0. The lowest BCUT2D eigenvalue weighted by Crippen LogP contribution is -2.48. The number of rotatable bonds is 2. The average molecular weight is 302 g/mol. The van der Waals surface area contributed by atoms with Gasteiger partial charge in [0.25, 0.3) is 0 Å². The molecule has 2 fully saturated rings. The molecule has 2 saturated heterocycles. The zero-order valence-electron chi connectivity index (χ0n) is 12.4. The quantitative estimate of drug-likeness (QED) is 0.851. The molecule has 1 spiro atoms. The first kappa shape index (κ1) is 13.6. The molecule has 22 heavy (non-hydrogen) atoms. The number of hydrogen-bond donors (Lipinski definition) is 2. The summed E-state index contributed by atoms with van der Waals surface area (Å²) >= 11 is 0. The normalized spacial score (nSPS) is 32.7. The number of H-pyrrole nitrogens is 1. The van der Waals surface area contributed by atoms with E-state index < -0.39 is 11.7 Å². The van der Waals surface area contributed by atoms with Crippen LogP contribution in [-0.2, 0) is 21.3 Å². The van der Waals surface area contributed by atoms with Crippen molar-refractivity contribution in [1.82, 2.24) is 10.2 Å². The van der Waals surface area contributed by atoms with E-state index in [-0.39, 0.29) is 12.0 Å². The highest BCUT2D eigenvalue weighted by atomic mass is 16.7. The van der Waals surface area contributed by atoms with E-state index in [1.165, 1.54) is 0 Å². The van der Waals surface area contributed by atoms with Crippen molar-refractivity contribution < 1.29 is 14.2 Å². The number of aromatic amines is 1. The van der Waals surface area contributed by atoms with Crippen molar-refractivity contribution in [3.8, 4) is 11.9 Å². The Morgan fingerprint density at radius 3 is 3.18 bits per heavy atom. The van der Waals surface area contributed by atoms with Crippen LogP contribution in [0, 0.1) is 11.3 Å². The van der Waals surface area contributed by atoms with E-state index in [0.717, 1.165) is 36.9 Å². The van der Waals surface area contributed by atoms with Gasteiger partial charge in [-0.05, 0) is 19.3 Å². The van der Waals surface area contributed by atoms with Crippen LogP contribution in [0.15, 0.2) is 11.5 Å². The summed E-state index contributed by atoms with van der Waals surface area (Å²) in [6, 6.07) is 2.23. The van der Waals surface area contributed by atoms with E-state index in [2.05, 4.69) is 23.2 Å². The number of aryl methyl sites for hydroxylation is 1. The van der Waals surface area contributed by atoms with Crippen molar-refractivity contribution in [2.75, 3.05) is 6.61 Å². The Morgan fingerprint density at radius 2 is 2.41 bits per heavy atom. The van der Waals surface area contributed by atoms with Gasteiger partial charge in [0.15, 0.2) is 6.29 Å². The van der Waals surface area contributed by atoms with E-state index in [4.69, 9.17) is 19.9 Å².